The van der Waals surface area contributed by atoms with Crippen LogP contribution in [0, 0.1) is 5.82 Å². The van der Waals surface area contributed by atoms with Gasteiger partial charge in [0.25, 0.3) is 0 Å². The molecular formula is C30H31F5N4O3S. The molecule has 7 nitrogen and oxygen atoms in total. The molecule has 13 heteroatoms. The van der Waals surface area contributed by atoms with E-state index in [1.807, 2.05) is 13.8 Å². The van der Waals surface area contributed by atoms with Crippen LogP contribution in [-0.2, 0) is 22.3 Å². The van der Waals surface area contributed by atoms with Crippen LogP contribution in [0.3, 0.4) is 0 Å². The number of hydrogen-bond acceptors (Lipinski definition) is 6. The molecular weight excluding hydrogens is 591 g/mol. The molecule has 0 saturated carbocycles. The zero-order valence-corrected chi connectivity index (χ0v) is 24.5. The summed E-state index contributed by atoms with van der Waals surface area (Å²) in [7, 11) is 0. The summed E-state index contributed by atoms with van der Waals surface area (Å²) in [4.78, 5) is 34.0. The van der Waals surface area contributed by atoms with Crippen LogP contribution in [0.5, 0.6) is 0 Å². The van der Waals surface area contributed by atoms with E-state index in [-0.39, 0.29) is 89.1 Å². The van der Waals surface area contributed by atoms with Crippen molar-refractivity contribution in [3.63, 3.8) is 0 Å². The molecule has 230 valence electrons. The molecule has 1 fully saturated rings. The lowest BCUT2D eigenvalue weighted by Gasteiger charge is -2.44. The third-order valence-electron chi connectivity index (χ3n) is 7.72. The number of thioether (sulfide) groups is 1. The van der Waals surface area contributed by atoms with Crippen LogP contribution in [-0.4, -0.2) is 70.7 Å². The minimum Gasteiger partial charge on any atom is -0.375 e. The third-order valence-corrected chi connectivity index (χ3v) is 8.94. The van der Waals surface area contributed by atoms with Crippen molar-refractivity contribution in [1.82, 2.24) is 14.5 Å². The van der Waals surface area contributed by atoms with E-state index in [0.717, 1.165) is 30.0 Å². The summed E-state index contributed by atoms with van der Waals surface area (Å²) in [5.41, 5.74) is -1.36. The molecule has 0 spiro atoms. The lowest BCUT2D eigenvalue weighted by atomic mass is 9.96. The van der Waals surface area contributed by atoms with Gasteiger partial charge in [-0.15, -0.1) is 11.8 Å². The molecule has 0 N–H and O–H groups in total. The summed E-state index contributed by atoms with van der Waals surface area (Å²) in [6, 6.07) is 5.08. The maximum Gasteiger partial charge on any atom is 0.417 e. The SMILES string of the molecule is C=CC(=O)N1[C@H](C)CN(c2nc(=O)n3c4c(c(-c5ccc(F)cc5)c(C(F)(F)F)cc24)SCC(OCCCF)C3)C[C@@H]1C. The van der Waals surface area contributed by atoms with Crippen molar-refractivity contribution < 1.29 is 31.5 Å². The van der Waals surface area contributed by atoms with Crippen molar-refractivity contribution >= 4 is 34.4 Å². The number of amides is 1. The Bertz CT molecular complexity index is 1580. The van der Waals surface area contributed by atoms with Crippen molar-refractivity contribution in [2.75, 3.05) is 37.0 Å². The fourth-order valence-corrected chi connectivity index (χ4v) is 7.23. The van der Waals surface area contributed by atoms with E-state index in [0.29, 0.717) is 0 Å². The normalized spacial score (nSPS) is 20.8. The lowest BCUT2D eigenvalue weighted by molar-refractivity contribution is -0.137. The lowest BCUT2D eigenvalue weighted by Crippen LogP contribution is -2.58. The van der Waals surface area contributed by atoms with Crippen LogP contribution in [0.25, 0.3) is 22.0 Å². The minimum absolute atomic E-state index is 0.0114. The van der Waals surface area contributed by atoms with Gasteiger partial charge in [0.05, 0.1) is 30.4 Å². The second kappa shape index (κ2) is 12.3. The van der Waals surface area contributed by atoms with E-state index in [1.54, 1.807) is 9.80 Å². The van der Waals surface area contributed by atoms with Gasteiger partial charge in [-0.2, -0.15) is 18.2 Å². The van der Waals surface area contributed by atoms with Crippen LogP contribution in [0.15, 0.2) is 52.7 Å². The Balaban J connectivity index is 1.76. The summed E-state index contributed by atoms with van der Waals surface area (Å²) in [6.45, 7) is 7.16. The smallest absolute Gasteiger partial charge is 0.375 e. The van der Waals surface area contributed by atoms with E-state index < -0.39 is 36.0 Å². The number of nitrogens with zero attached hydrogens (tertiary/aromatic N) is 4. The van der Waals surface area contributed by atoms with E-state index in [2.05, 4.69) is 11.6 Å². The van der Waals surface area contributed by atoms with Gasteiger partial charge in [-0.3, -0.25) is 13.8 Å². The first-order chi connectivity index (χ1) is 20.4. The largest absolute Gasteiger partial charge is 0.417 e. The number of carbonyl (C=O) groups excluding carboxylic acids is 1. The highest BCUT2D eigenvalue weighted by Crippen LogP contribution is 2.48. The van der Waals surface area contributed by atoms with E-state index >= 15 is 0 Å². The van der Waals surface area contributed by atoms with Gasteiger partial charge >= 0.3 is 11.9 Å². The number of benzene rings is 2. The first-order valence-electron chi connectivity index (χ1n) is 13.9. The van der Waals surface area contributed by atoms with Crippen LogP contribution in [0.1, 0.15) is 25.8 Å². The molecule has 3 atom stereocenters. The highest BCUT2D eigenvalue weighted by atomic mass is 32.2. The molecule has 1 saturated heterocycles. The molecule has 2 aliphatic rings. The van der Waals surface area contributed by atoms with Crippen LogP contribution >= 0.6 is 11.8 Å². The summed E-state index contributed by atoms with van der Waals surface area (Å²) >= 11 is 1.11. The number of piperazine rings is 1. The fraction of sp³-hybridized carbons (Fsp3) is 0.433. The van der Waals surface area contributed by atoms with Gasteiger partial charge < -0.3 is 14.5 Å². The van der Waals surface area contributed by atoms with Crippen LogP contribution in [0.4, 0.5) is 27.8 Å². The summed E-state index contributed by atoms with van der Waals surface area (Å²) in [6.07, 6.45) is -4.03. The third kappa shape index (κ3) is 6.01. The van der Waals surface area contributed by atoms with Gasteiger partial charge in [-0.1, -0.05) is 18.7 Å². The maximum absolute atomic E-state index is 14.8. The topological polar surface area (TPSA) is 67.7 Å². The maximum atomic E-state index is 14.8. The highest BCUT2D eigenvalue weighted by Gasteiger charge is 2.39. The molecule has 1 amide bonds. The van der Waals surface area contributed by atoms with Gasteiger partial charge in [-0.05, 0) is 50.1 Å². The molecule has 0 bridgehead atoms. The Kier molecular flexibility index (Phi) is 8.85. The Morgan fingerprint density at radius 1 is 1.16 bits per heavy atom. The molecule has 1 aromatic heterocycles. The quantitative estimate of drug-likeness (QED) is 0.192. The van der Waals surface area contributed by atoms with Crippen molar-refractivity contribution in [3.8, 4) is 11.1 Å². The Morgan fingerprint density at radius 2 is 1.84 bits per heavy atom. The monoisotopic (exact) mass is 622 g/mol. The minimum atomic E-state index is -4.80. The number of hydrogen-bond donors (Lipinski definition) is 0. The van der Waals surface area contributed by atoms with Crippen LogP contribution in [0.2, 0.25) is 0 Å². The number of alkyl halides is 4. The number of rotatable bonds is 7. The van der Waals surface area contributed by atoms with Crippen molar-refractivity contribution in [3.05, 3.63) is 64.9 Å². The summed E-state index contributed by atoms with van der Waals surface area (Å²) < 4.78 is 78.2. The van der Waals surface area contributed by atoms with Gasteiger partial charge in [-0.25, -0.2) is 9.18 Å². The van der Waals surface area contributed by atoms with Gasteiger partial charge in [0.2, 0.25) is 5.91 Å². The van der Waals surface area contributed by atoms with Gasteiger partial charge in [0, 0.05) is 53.4 Å². The Hall–Kier alpha value is -3.45. The first-order valence-corrected chi connectivity index (χ1v) is 14.9. The zero-order chi connectivity index (χ0) is 31.1. The molecule has 0 radical (unpaired) electrons. The second-order valence-electron chi connectivity index (χ2n) is 10.8. The second-order valence-corrected chi connectivity index (χ2v) is 11.8. The van der Waals surface area contributed by atoms with Crippen molar-refractivity contribution in [2.45, 2.75) is 56.1 Å². The molecule has 0 aliphatic carbocycles. The number of carbonyl (C=O) groups is 1. The predicted octanol–water partition coefficient (Wildman–Crippen LogP) is 5.68. The average molecular weight is 623 g/mol. The van der Waals surface area contributed by atoms with Gasteiger partial charge in [0.1, 0.15) is 11.6 Å². The van der Waals surface area contributed by atoms with E-state index in [9.17, 15) is 31.5 Å². The first kappa shape index (κ1) is 31.0. The van der Waals surface area contributed by atoms with Gasteiger partial charge in [0.15, 0.2) is 0 Å². The number of halogens is 5. The Morgan fingerprint density at radius 3 is 2.44 bits per heavy atom. The highest BCUT2D eigenvalue weighted by molar-refractivity contribution is 7.99. The number of aromatic nitrogens is 2. The molecule has 2 aliphatic heterocycles. The Labute approximate surface area is 249 Å². The fourth-order valence-electron chi connectivity index (χ4n) is 5.94. The standard InChI is InChI=1S/C30H31F5N4O3S/c1-4-24(40)39-17(2)13-37(14-18(39)3)28-22-12-23(30(33,34)35)25(19-6-8-20(32)9-7-19)27-26(22)38(29(41)36-28)15-21(16-43-27)42-11-5-10-31/h4,6-9,12,17-18,21H,1,5,10-11,13-16H2,2-3H3/t17-,18+,21?. The molecule has 43 heavy (non-hydrogen) atoms. The van der Waals surface area contributed by atoms with Crippen molar-refractivity contribution in [1.29, 1.82) is 0 Å². The molecule has 3 heterocycles. The predicted molar refractivity (Wildman–Crippen MR) is 156 cm³/mol. The molecule has 5 rings (SSSR count). The van der Waals surface area contributed by atoms with Crippen LogP contribution < -0.4 is 10.6 Å². The molecule has 1 unspecified atom stereocenters. The average Bonchev–Trinajstić information content (AvgIpc) is 3.15. The molecule has 2 aromatic carbocycles. The van der Waals surface area contributed by atoms with E-state index in [4.69, 9.17) is 4.74 Å². The number of ether oxygens (including phenoxy) is 1. The number of anilines is 1. The van der Waals surface area contributed by atoms with E-state index in [1.165, 1.54) is 22.8 Å². The summed E-state index contributed by atoms with van der Waals surface area (Å²) in [5, 5.41) is 0.132. The van der Waals surface area contributed by atoms with Crippen molar-refractivity contribution in [2.24, 2.45) is 0 Å². The summed E-state index contributed by atoms with van der Waals surface area (Å²) in [5.74, 6) is -0.572. The zero-order valence-electron chi connectivity index (χ0n) is 23.7. The molecule has 3 aromatic rings.